The number of hydrogen-bond acceptors (Lipinski definition) is 5. The topological polar surface area (TPSA) is 58.0 Å². The summed E-state index contributed by atoms with van der Waals surface area (Å²) in [6, 6.07) is 3.75. The first-order valence-corrected chi connectivity index (χ1v) is 7.46. The third kappa shape index (κ3) is 6.25. The van der Waals surface area contributed by atoms with Gasteiger partial charge in [-0.3, -0.25) is 4.98 Å². The standard InChI is InChI=1S/C15H20ClN3O2/c16-15(6-5-13-4-3-7-17-10-13)18-21-12-14(20)11-19-8-1-2-9-19/h3-7,10,14,20H,1-2,8-9,11-12H2. The van der Waals surface area contributed by atoms with E-state index in [2.05, 4.69) is 15.0 Å². The van der Waals surface area contributed by atoms with Crippen LogP contribution < -0.4 is 0 Å². The zero-order valence-corrected chi connectivity index (χ0v) is 12.6. The first-order valence-electron chi connectivity index (χ1n) is 7.08. The van der Waals surface area contributed by atoms with Crippen LogP contribution in [0.2, 0.25) is 0 Å². The van der Waals surface area contributed by atoms with Crippen molar-refractivity contribution in [1.82, 2.24) is 9.88 Å². The van der Waals surface area contributed by atoms with Crippen molar-refractivity contribution in [2.45, 2.75) is 18.9 Å². The highest BCUT2D eigenvalue weighted by atomic mass is 35.5. The SMILES string of the molecule is OC(CON=C(Cl)C=Cc1cccnc1)CN1CCCC1. The van der Waals surface area contributed by atoms with Gasteiger partial charge in [0, 0.05) is 18.9 Å². The maximum absolute atomic E-state index is 9.83. The summed E-state index contributed by atoms with van der Waals surface area (Å²) in [7, 11) is 0. The van der Waals surface area contributed by atoms with Gasteiger partial charge in [-0.05, 0) is 43.6 Å². The summed E-state index contributed by atoms with van der Waals surface area (Å²) < 4.78 is 0. The molecular formula is C15H20ClN3O2. The molecule has 1 aliphatic heterocycles. The Morgan fingerprint density at radius 3 is 3.05 bits per heavy atom. The number of nitrogens with zero attached hydrogens (tertiary/aromatic N) is 3. The van der Waals surface area contributed by atoms with Crippen molar-refractivity contribution < 1.29 is 9.94 Å². The van der Waals surface area contributed by atoms with Gasteiger partial charge in [0.2, 0.25) is 0 Å². The molecule has 114 valence electrons. The summed E-state index contributed by atoms with van der Waals surface area (Å²) >= 11 is 5.91. The molecule has 2 rings (SSSR count). The molecule has 0 aromatic carbocycles. The maximum Gasteiger partial charge on any atom is 0.168 e. The van der Waals surface area contributed by atoms with E-state index < -0.39 is 6.10 Å². The van der Waals surface area contributed by atoms with Gasteiger partial charge < -0.3 is 14.8 Å². The van der Waals surface area contributed by atoms with Gasteiger partial charge in [-0.2, -0.15) is 0 Å². The molecule has 6 heteroatoms. The van der Waals surface area contributed by atoms with E-state index in [0.29, 0.717) is 6.54 Å². The summed E-state index contributed by atoms with van der Waals surface area (Å²) in [5.74, 6) is 0. The molecule has 0 aliphatic carbocycles. The molecule has 0 bridgehead atoms. The van der Waals surface area contributed by atoms with Gasteiger partial charge in [0.05, 0.1) is 0 Å². The summed E-state index contributed by atoms with van der Waals surface area (Å²) in [5.41, 5.74) is 0.930. The molecule has 2 heterocycles. The average Bonchev–Trinajstić information content (AvgIpc) is 2.99. The summed E-state index contributed by atoms with van der Waals surface area (Å²) in [6.45, 7) is 2.87. The molecule has 1 aliphatic rings. The highest BCUT2D eigenvalue weighted by molar-refractivity contribution is 6.68. The Morgan fingerprint density at radius 2 is 2.33 bits per heavy atom. The van der Waals surface area contributed by atoms with Gasteiger partial charge in [-0.15, -0.1) is 0 Å². The largest absolute Gasteiger partial charge is 0.392 e. The third-order valence-corrected chi connectivity index (χ3v) is 3.38. The molecular weight excluding hydrogens is 290 g/mol. The second kappa shape index (κ2) is 8.77. The van der Waals surface area contributed by atoms with Gasteiger partial charge in [0.25, 0.3) is 0 Å². The number of pyridine rings is 1. The average molecular weight is 310 g/mol. The van der Waals surface area contributed by atoms with Crippen molar-refractivity contribution in [2.75, 3.05) is 26.2 Å². The Bertz CT molecular complexity index is 473. The molecule has 1 fully saturated rings. The lowest BCUT2D eigenvalue weighted by atomic mass is 10.3. The van der Waals surface area contributed by atoms with Crippen LogP contribution in [0.5, 0.6) is 0 Å². The summed E-state index contributed by atoms with van der Waals surface area (Å²) in [5, 5.41) is 13.8. The van der Waals surface area contributed by atoms with Gasteiger partial charge in [0.1, 0.15) is 12.7 Å². The number of halogens is 1. The van der Waals surface area contributed by atoms with Crippen LogP contribution in [0.15, 0.2) is 35.8 Å². The highest BCUT2D eigenvalue weighted by Crippen LogP contribution is 2.08. The lowest BCUT2D eigenvalue weighted by Crippen LogP contribution is -2.32. The van der Waals surface area contributed by atoms with Gasteiger partial charge in [-0.1, -0.05) is 28.9 Å². The van der Waals surface area contributed by atoms with Crippen LogP contribution in [0, 0.1) is 0 Å². The van der Waals surface area contributed by atoms with E-state index >= 15 is 0 Å². The molecule has 1 aromatic heterocycles. The van der Waals surface area contributed by atoms with Crippen molar-refractivity contribution in [3.8, 4) is 0 Å². The van der Waals surface area contributed by atoms with Gasteiger partial charge >= 0.3 is 0 Å². The van der Waals surface area contributed by atoms with Crippen LogP contribution in [-0.4, -0.2) is 52.5 Å². The molecule has 5 nitrogen and oxygen atoms in total. The number of aliphatic hydroxyl groups excluding tert-OH is 1. The quantitative estimate of drug-likeness (QED) is 0.619. The fourth-order valence-electron chi connectivity index (χ4n) is 2.17. The Morgan fingerprint density at radius 1 is 1.52 bits per heavy atom. The van der Waals surface area contributed by atoms with Gasteiger partial charge in [-0.25, -0.2) is 0 Å². The van der Waals surface area contributed by atoms with E-state index in [4.69, 9.17) is 16.4 Å². The summed E-state index contributed by atoms with van der Waals surface area (Å²) in [6.07, 6.45) is 8.72. The Balaban J connectivity index is 1.69. The molecule has 0 spiro atoms. The first kappa shape index (κ1) is 15.9. The fourth-order valence-corrected chi connectivity index (χ4v) is 2.28. The number of rotatable bonds is 7. The van der Waals surface area contributed by atoms with Gasteiger partial charge in [0.15, 0.2) is 5.17 Å². The van der Waals surface area contributed by atoms with Crippen LogP contribution >= 0.6 is 11.6 Å². The molecule has 1 N–H and O–H groups in total. The maximum atomic E-state index is 9.83. The van der Waals surface area contributed by atoms with Crippen molar-refractivity contribution in [2.24, 2.45) is 5.16 Å². The zero-order valence-electron chi connectivity index (χ0n) is 11.9. The van der Waals surface area contributed by atoms with E-state index in [-0.39, 0.29) is 11.8 Å². The number of hydrogen-bond donors (Lipinski definition) is 1. The second-order valence-corrected chi connectivity index (χ2v) is 5.38. The summed E-state index contributed by atoms with van der Waals surface area (Å²) in [4.78, 5) is 11.3. The number of aliphatic hydroxyl groups is 1. The lowest BCUT2D eigenvalue weighted by Gasteiger charge is -2.18. The number of allylic oxidation sites excluding steroid dienone is 1. The van der Waals surface area contributed by atoms with Crippen LogP contribution in [0.4, 0.5) is 0 Å². The Kier molecular flexibility index (Phi) is 6.66. The van der Waals surface area contributed by atoms with E-state index in [1.165, 1.54) is 12.8 Å². The predicted molar refractivity (Wildman–Crippen MR) is 84.2 cm³/mol. The van der Waals surface area contributed by atoms with E-state index in [0.717, 1.165) is 18.7 Å². The van der Waals surface area contributed by atoms with Crippen LogP contribution in [0.1, 0.15) is 18.4 Å². The monoisotopic (exact) mass is 309 g/mol. The smallest absolute Gasteiger partial charge is 0.168 e. The number of β-amino-alcohol motifs (C(OH)–C–C–N with tert-alkyl or cyclic N) is 1. The fraction of sp³-hybridized carbons (Fsp3) is 0.467. The molecule has 1 unspecified atom stereocenters. The molecule has 1 atom stereocenters. The number of oxime groups is 1. The minimum atomic E-state index is -0.543. The van der Waals surface area contributed by atoms with Crippen molar-refractivity contribution >= 4 is 22.8 Å². The van der Waals surface area contributed by atoms with Crippen LogP contribution in [0.3, 0.4) is 0 Å². The second-order valence-electron chi connectivity index (χ2n) is 4.99. The molecule has 0 radical (unpaired) electrons. The zero-order chi connectivity index (χ0) is 14.9. The van der Waals surface area contributed by atoms with E-state index in [9.17, 15) is 5.11 Å². The third-order valence-electron chi connectivity index (χ3n) is 3.18. The molecule has 0 amide bonds. The van der Waals surface area contributed by atoms with Crippen molar-refractivity contribution in [3.05, 3.63) is 36.2 Å². The molecule has 0 saturated carbocycles. The Labute approximate surface area is 129 Å². The van der Waals surface area contributed by atoms with E-state index in [1.807, 2.05) is 12.1 Å². The molecule has 1 aromatic rings. The highest BCUT2D eigenvalue weighted by Gasteiger charge is 2.15. The van der Waals surface area contributed by atoms with Crippen LogP contribution in [-0.2, 0) is 4.84 Å². The minimum Gasteiger partial charge on any atom is -0.392 e. The predicted octanol–water partition coefficient (Wildman–Crippen LogP) is 2.12. The number of likely N-dealkylation sites (tertiary alicyclic amines) is 1. The minimum absolute atomic E-state index is 0.146. The van der Waals surface area contributed by atoms with Crippen LogP contribution in [0.25, 0.3) is 6.08 Å². The first-order chi connectivity index (χ1) is 10.2. The molecule has 1 saturated heterocycles. The van der Waals surface area contributed by atoms with Crippen molar-refractivity contribution in [3.63, 3.8) is 0 Å². The normalized spacial score (nSPS) is 18.3. The number of aromatic nitrogens is 1. The van der Waals surface area contributed by atoms with E-state index in [1.54, 1.807) is 24.5 Å². The molecule has 21 heavy (non-hydrogen) atoms. The Hall–Kier alpha value is -1.43. The lowest BCUT2D eigenvalue weighted by molar-refractivity contribution is 0.0234. The van der Waals surface area contributed by atoms with Crippen molar-refractivity contribution in [1.29, 1.82) is 0 Å².